The summed E-state index contributed by atoms with van der Waals surface area (Å²) in [5.74, 6) is -0.403. The zero-order chi connectivity index (χ0) is 31.7. The number of fused-ring (bicyclic) bond motifs is 1. The molecule has 1 aliphatic rings. The minimum Gasteiger partial charge on any atom is -0.451 e. The van der Waals surface area contributed by atoms with Crippen molar-refractivity contribution in [2.45, 2.75) is 38.7 Å². The minimum absolute atomic E-state index is 0.0535. The van der Waals surface area contributed by atoms with Crippen LogP contribution in [0.1, 0.15) is 47.7 Å². The maximum Gasteiger partial charge on any atom is 0.338 e. The van der Waals surface area contributed by atoms with Crippen LogP contribution in [0.2, 0.25) is 10.0 Å². The highest BCUT2D eigenvalue weighted by molar-refractivity contribution is 6.42. The predicted molar refractivity (Wildman–Crippen MR) is 172 cm³/mol. The third-order valence-electron chi connectivity index (χ3n) is 8.58. The van der Waals surface area contributed by atoms with Crippen LogP contribution in [0.3, 0.4) is 0 Å². The molecule has 3 heterocycles. The molecule has 6 rings (SSSR count). The highest BCUT2D eigenvalue weighted by Gasteiger charge is 2.46. The summed E-state index contributed by atoms with van der Waals surface area (Å²) in [6, 6.07) is 22.4. The molecular formula is C34H32Cl2N4O5. The summed E-state index contributed by atoms with van der Waals surface area (Å²) in [4.78, 5) is 22.3. The highest BCUT2D eigenvalue weighted by Crippen LogP contribution is 2.47. The molecule has 0 bridgehead atoms. The molecule has 0 amide bonds. The molecule has 232 valence electrons. The Kier molecular flexibility index (Phi) is 9.07. The van der Waals surface area contributed by atoms with Gasteiger partial charge in [-0.05, 0) is 58.9 Å². The molecule has 11 heteroatoms. The van der Waals surface area contributed by atoms with Gasteiger partial charge in [0.1, 0.15) is 24.3 Å². The van der Waals surface area contributed by atoms with E-state index < -0.39 is 24.4 Å². The summed E-state index contributed by atoms with van der Waals surface area (Å²) in [5, 5.41) is 20.7. The number of nitrogens with zero attached hydrogens (tertiary/aromatic N) is 3. The Hall–Kier alpha value is -3.99. The van der Waals surface area contributed by atoms with Crippen molar-refractivity contribution in [3.8, 4) is 11.1 Å². The SMILES string of the molecule is C[C@@H]1[C@H](C)[C@@H]([C@H](OC(=O)c2ccc(-c3ccccc3)cc2)c2ccc(Cl)c(Cl)c2)O[C@H]1n1cc(CCO)c2c(NO)ncnc21. The van der Waals surface area contributed by atoms with Gasteiger partial charge in [0.25, 0.3) is 0 Å². The Morgan fingerprint density at radius 3 is 2.42 bits per heavy atom. The van der Waals surface area contributed by atoms with Crippen LogP contribution in [0.5, 0.6) is 0 Å². The maximum absolute atomic E-state index is 13.6. The third-order valence-corrected chi connectivity index (χ3v) is 9.31. The minimum atomic E-state index is -0.813. The van der Waals surface area contributed by atoms with Gasteiger partial charge in [-0.25, -0.2) is 14.8 Å². The standard InChI is InChI=1S/C34H32Cl2N4O5/c1-19-20(2)33(40-17-25(14-15-41)28-31(39-43)37-18-38-32(28)40)44-29(19)30(24-12-13-26(35)27(36)16-24)45-34(42)23-10-8-22(9-11-23)21-6-4-3-5-7-21/h3-13,16-20,29-30,33,41,43H,14-15H2,1-2H3,(H,37,38,39)/t19-,20+,29-,30+,33+/m0/s1. The fourth-order valence-electron chi connectivity index (χ4n) is 6.01. The summed E-state index contributed by atoms with van der Waals surface area (Å²) >= 11 is 12.7. The first-order valence-corrected chi connectivity index (χ1v) is 15.4. The molecular weight excluding hydrogens is 615 g/mol. The number of ether oxygens (including phenoxy) is 2. The van der Waals surface area contributed by atoms with Crippen LogP contribution in [0.25, 0.3) is 22.2 Å². The molecule has 0 spiro atoms. The van der Waals surface area contributed by atoms with Gasteiger partial charge < -0.3 is 19.1 Å². The summed E-state index contributed by atoms with van der Waals surface area (Å²) < 4.78 is 14.9. The van der Waals surface area contributed by atoms with Crippen molar-refractivity contribution in [1.82, 2.24) is 14.5 Å². The van der Waals surface area contributed by atoms with Crippen molar-refractivity contribution in [3.63, 3.8) is 0 Å². The van der Waals surface area contributed by atoms with E-state index in [4.69, 9.17) is 32.7 Å². The average molecular weight is 648 g/mol. The van der Waals surface area contributed by atoms with Crippen LogP contribution in [-0.4, -0.2) is 43.5 Å². The molecule has 5 aromatic rings. The summed E-state index contributed by atoms with van der Waals surface area (Å²) in [7, 11) is 0. The Labute approximate surface area is 270 Å². The maximum atomic E-state index is 13.6. The summed E-state index contributed by atoms with van der Waals surface area (Å²) in [6.45, 7) is 4.02. The summed E-state index contributed by atoms with van der Waals surface area (Å²) in [5.41, 5.74) is 6.51. The predicted octanol–water partition coefficient (Wildman–Crippen LogP) is 7.51. The van der Waals surface area contributed by atoms with E-state index in [1.807, 2.05) is 53.2 Å². The smallest absolute Gasteiger partial charge is 0.338 e. The fourth-order valence-corrected chi connectivity index (χ4v) is 6.32. The van der Waals surface area contributed by atoms with Gasteiger partial charge in [-0.3, -0.25) is 10.7 Å². The average Bonchev–Trinajstić information content (AvgIpc) is 3.58. The zero-order valence-corrected chi connectivity index (χ0v) is 26.1. The molecule has 1 aliphatic heterocycles. The zero-order valence-electron chi connectivity index (χ0n) is 24.6. The molecule has 0 saturated carbocycles. The lowest BCUT2D eigenvalue weighted by Crippen LogP contribution is -2.29. The Bertz CT molecular complexity index is 1820. The van der Waals surface area contributed by atoms with Crippen molar-refractivity contribution in [3.05, 3.63) is 112 Å². The molecule has 2 aromatic heterocycles. The van der Waals surface area contributed by atoms with Crippen molar-refractivity contribution < 1.29 is 24.6 Å². The van der Waals surface area contributed by atoms with Crippen LogP contribution >= 0.6 is 23.2 Å². The first kappa shape index (κ1) is 31.0. The lowest BCUT2D eigenvalue weighted by Gasteiger charge is -2.27. The van der Waals surface area contributed by atoms with Crippen LogP contribution in [-0.2, 0) is 15.9 Å². The first-order chi connectivity index (χ1) is 21.8. The molecule has 0 radical (unpaired) electrons. The van der Waals surface area contributed by atoms with E-state index >= 15 is 0 Å². The number of anilines is 1. The van der Waals surface area contributed by atoms with E-state index in [9.17, 15) is 15.1 Å². The largest absolute Gasteiger partial charge is 0.451 e. The van der Waals surface area contributed by atoms with E-state index in [1.54, 1.807) is 30.3 Å². The number of hydrogen-bond acceptors (Lipinski definition) is 8. The van der Waals surface area contributed by atoms with E-state index in [-0.39, 0.29) is 24.3 Å². The number of hydrogen-bond donors (Lipinski definition) is 3. The summed E-state index contributed by atoms with van der Waals surface area (Å²) in [6.07, 6.45) is 1.66. The van der Waals surface area contributed by atoms with E-state index in [0.717, 1.165) is 16.7 Å². The molecule has 0 aliphatic carbocycles. The van der Waals surface area contributed by atoms with Crippen LogP contribution in [0.4, 0.5) is 5.82 Å². The number of carbonyl (C=O) groups is 1. The quantitative estimate of drug-likeness (QED) is 0.111. The van der Waals surface area contributed by atoms with Crippen molar-refractivity contribution in [1.29, 1.82) is 0 Å². The molecule has 3 N–H and O–H groups in total. The molecule has 9 nitrogen and oxygen atoms in total. The van der Waals surface area contributed by atoms with Gasteiger partial charge in [0.05, 0.1) is 21.0 Å². The van der Waals surface area contributed by atoms with Gasteiger partial charge in [0.2, 0.25) is 0 Å². The second kappa shape index (κ2) is 13.2. The second-order valence-electron chi connectivity index (χ2n) is 11.2. The van der Waals surface area contributed by atoms with Gasteiger partial charge in [-0.1, -0.05) is 85.6 Å². The number of aliphatic hydroxyl groups excluding tert-OH is 1. The van der Waals surface area contributed by atoms with Crippen LogP contribution < -0.4 is 5.48 Å². The number of esters is 1. The van der Waals surface area contributed by atoms with E-state index in [2.05, 4.69) is 29.3 Å². The van der Waals surface area contributed by atoms with Crippen LogP contribution in [0.15, 0.2) is 85.3 Å². The molecule has 45 heavy (non-hydrogen) atoms. The van der Waals surface area contributed by atoms with Gasteiger partial charge in [-0.2, -0.15) is 0 Å². The number of aliphatic hydroxyl groups is 1. The van der Waals surface area contributed by atoms with Gasteiger partial charge in [-0.15, -0.1) is 0 Å². The Morgan fingerprint density at radius 2 is 1.73 bits per heavy atom. The molecule has 1 fully saturated rings. The Balaban J connectivity index is 1.34. The normalized spacial score (nSPS) is 20.3. The first-order valence-electron chi connectivity index (χ1n) is 14.6. The molecule has 5 atom stereocenters. The molecule has 0 unspecified atom stereocenters. The lowest BCUT2D eigenvalue weighted by molar-refractivity contribution is -0.0792. The molecule has 3 aromatic carbocycles. The Morgan fingerprint density at radius 1 is 1.00 bits per heavy atom. The van der Waals surface area contributed by atoms with Crippen LogP contribution in [0, 0.1) is 11.8 Å². The molecule has 1 saturated heterocycles. The second-order valence-corrected chi connectivity index (χ2v) is 12.0. The number of aromatic nitrogens is 3. The van der Waals surface area contributed by atoms with Crippen molar-refractivity contribution in [2.24, 2.45) is 11.8 Å². The number of nitrogens with one attached hydrogen (secondary N) is 1. The van der Waals surface area contributed by atoms with Gasteiger partial charge >= 0.3 is 5.97 Å². The number of rotatable bonds is 9. The van der Waals surface area contributed by atoms with E-state index in [1.165, 1.54) is 6.33 Å². The number of benzene rings is 3. The number of halogens is 2. The van der Waals surface area contributed by atoms with Gasteiger partial charge in [0, 0.05) is 18.7 Å². The van der Waals surface area contributed by atoms with Crippen molar-refractivity contribution >= 4 is 46.0 Å². The van der Waals surface area contributed by atoms with E-state index in [0.29, 0.717) is 38.6 Å². The fraction of sp³-hybridized carbons (Fsp3) is 0.265. The monoisotopic (exact) mass is 646 g/mol. The number of carbonyl (C=O) groups excluding carboxylic acids is 1. The highest BCUT2D eigenvalue weighted by atomic mass is 35.5. The third kappa shape index (κ3) is 6.02. The van der Waals surface area contributed by atoms with Gasteiger partial charge in [0.15, 0.2) is 11.9 Å². The van der Waals surface area contributed by atoms with Crippen molar-refractivity contribution in [2.75, 3.05) is 12.1 Å². The topological polar surface area (TPSA) is 119 Å². The lowest BCUT2D eigenvalue weighted by atomic mass is 9.88.